The molecule has 2 rings (SSSR count). The molecule has 1 fully saturated rings. The molecule has 20 heavy (non-hydrogen) atoms. The molecule has 0 radical (unpaired) electrons. The van der Waals surface area contributed by atoms with Crippen molar-refractivity contribution >= 4 is 0 Å². The van der Waals surface area contributed by atoms with Gasteiger partial charge in [-0.2, -0.15) is 0 Å². The Morgan fingerprint density at radius 2 is 1.70 bits per heavy atom. The van der Waals surface area contributed by atoms with Gasteiger partial charge in [0.2, 0.25) is 0 Å². The van der Waals surface area contributed by atoms with Crippen LogP contribution in [-0.4, -0.2) is 24.0 Å². The second-order valence-electron chi connectivity index (χ2n) is 6.28. The number of nitrogens with zero attached hydrogens (tertiary/aromatic N) is 1. The highest BCUT2D eigenvalue weighted by Crippen LogP contribution is 2.31. The Morgan fingerprint density at radius 3 is 2.25 bits per heavy atom. The average Bonchev–Trinajstić information content (AvgIpc) is 2.76. The van der Waals surface area contributed by atoms with Gasteiger partial charge in [-0.05, 0) is 44.8 Å². The third-order valence-electron chi connectivity index (χ3n) is 4.91. The molecule has 1 saturated heterocycles. The van der Waals surface area contributed by atoms with Gasteiger partial charge in [0, 0.05) is 6.04 Å². The molecule has 2 atom stereocenters. The van der Waals surface area contributed by atoms with Crippen LogP contribution in [0.3, 0.4) is 0 Å². The van der Waals surface area contributed by atoms with Crippen LogP contribution in [0.1, 0.15) is 57.9 Å². The summed E-state index contributed by atoms with van der Waals surface area (Å²) in [6.07, 6.45) is 7.57. The zero-order chi connectivity index (χ0) is 14.4. The van der Waals surface area contributed by atoms with E-state index < -0.39 is 0 Å². The van der Waals surface area contributed by atoms with E-state index in [1.807, 2.05) is 0 Å². The number of likely N-dealkylation sites (tertiary alicyclic amines) is 1. The zero-order valence-electron chi connectivity index (χ0n) is 13.1. The molecule has 2 nitrogen and oxygen atoms in total. The maximum Gasteiger partial charge on any atom is 0.0564 e. The normalized spacial score (nSPS) is 21.9. The Bertz CT molecular complexity index is 382. The van der Waals surface area contributed by atoms with Gasteiger partial charge in [-0.25, -0.2) is 0 Å². The summed E-state index contributed by atoms with van der Waals surface area (Å²) in [5, 5.41) is 0. The molecule has 0 aliphatic carbocycles. The summed E-state index contributed by atoms with van der Waals surface area (Å²) >= 11 is 0. The van der Waals surface area contributed by atoms with Crippen molar-refractivity contribution in [1.82, 2.24) is 4.90 Å². The molecule has 1 aliphatic heterocycles. The summed E-state index contributed by atoms with van der Waals surface area (Å²) in [7, 11) is 0. The predicted octanol–water partition coefficient (Wildman–Crippen LogP) is 3.91. The number of rotatable bonds is 5. The first-order valence-electron chi connectivity index (χ1n) is 8.27. The van der Waals surface area contributed by atoms with Crippen molar-refractivity contribution in [2.75, 3.05) is 13.1 Å². The fourth-order valence-electron chi connectivity index (χ4n) is 3.56. The van der Waals surface area contributed by atoms with Crippen LogP contribution in [0.4, 0.5) is 0 Å². The van der Waals surface area contributed by atoms with Crippen molar-refractivity contribution in [3.05, 3.63) is 35.9 Å². The lowest BCUT2D eigenvalue weighted by atomic mass is 9.80. The monoisotopic (exact) mass is 274 g/mol. The summed E-state index contributed by atoms with van der Waals surface area (Å²) < 4.78 is 0. The van der Waals surface area contributed by atoms with Crippen LogP contribution >= 0.6 is 0 Å². The average molecular weight is 274 g/mol. The van der Waals surface area contributed by atoms with Gasteiger partial charge in [0.15, 0.2) is 0 Å². The van der Waals surface area contributed by atoms with Gasteiger partial charge in [0.05, 0.1) is 5.54 Å². The highest BCUT2D eigenvalue weighted by atomic mass is 15.2. The van der Waals surface area contributed by atoms with Crippen LogP contribution in [0.5, 0.6) is 0 Å². The SMILES string of the molecule is CCCC(N)(c1ccccc1)C(C)N1CCCCCC1. The van der Waals surface area contributed by atoms with E-state index in [-0.39, 0.29) is 5.54 Å². The Morgan fingerprint density at radius 1 is 1.10 bits per heavy atom. The van der Waals surface area contributed by atoms with Gasteiger partial charge in [-0.15, -0.1) is 0 Å². The summed E-state index contributed by atoms with van der Waals surface area (Å²) in [6, 6.07) is 11.1. The number of hydrogen-bond acceptors (Lipinski definition) is 2. The van der Waals surface area contributed by atoms with Gasteiger partial charge < -0.3 is 5.73 Å². The first kappa shape index (κ1) is 15.5. The maximum absolute atomic E-state index is 6.91. The van der Waals surface area contributed by atoms with Crippen molar-refractivity contribution in [1.29, 1.82) is 0 Å². The van der Waals surface area contributed by atoms with Gasteiger partial charge >= 0.3 is 0 Å². The van der Waals surface area contributed by atoms with Crippen LogP contribution in [-0.2, 0) is 5.54 Å². The maximum atomic E-state index is 6.91. The summed E-state index contributed by atoms with van der Waals surface area (Å²) in [6.45, 7) is 6.97. The molecular weight excluding hydrogens is 244 g/mol. The van der Waals surface area contributed by atoms with Crippen LogP contribution in [0, 0.1) is 0 Å². The molecule has 1 aromatic carbocycles. The van der Waals surface area contributed by atoms with Crippen molar-refractivity contribution < 1.29 is 0 Å². The molecule has 1 aromatic rings. The predicted molar refractivity (Wildman–Crippen MR) is 86.7 cm³/mol. The minimum Gasteiger partial charge on any atom is -0.320 e. The van der Waals surface area contributed by atoms with Crippen molar-refractivity contribution in [3.63, 3.8) is 0 Å². The number of nitrogens with two attached hydrogens (primary N) is 1. The third kappa shape index (κ3) is 3.42. The van der Waals surface area contributed by atoms with E-state index in [2.05, 4.69) is 49.1 Å². The molecule has 0 amide bonds. The minimum atomic E-state index is -0.222. The van der Waals surface area contributed by atoms with E-state index in [0.717, 1.165) is 12.8 Å². The molecule has 2 heteroatoms. The van der Waals surface area contributed by atoms with E-state index in [4.69, 9.17) is 5.73 Å². The fourth-order valence-corrected chi connectivity index (χ4v) is 3.56. The molecule has 112 valence electrons. The first-order chi connectivity index (χ1) is 9.68. The smallest absolute Gasteiger partial charge is 0.0564 e. The van der Waals surface area contributed by atoms with Crippen LogP contribution < -0.4 is 5.73 Å². The minimum absolute atomic E-state index is 0.222. The summed E-state index contributed by atoms with van der Waals surface area (Å²) in [4.78, 5) is 2.62. The molecule has 2 unspecified atom stereocenters. The highest BCUT2D eigenvalue weighted by Gasteiger charge is 2.36. The van der Waals surface area contributed by atoms with Crippen LogP contribution in [0.25, 0.3) is 0 Å². The van der Waals surface area contributed by atoms with Gasteiger partial charge in [-0.3, -0.25) is 4.90 Å². The standard InChI is InChI=1S/C18H30N2/c1-3-13-18(19,17-11-7-6-8-12-17)16(2)20-14-9-4-5-10-15-20/h6-8,11-12,16H,3-5,9-10,13-15,19H2,1-2H3. The topological polar surface area (TPSA) is 29.3 Å². The van der Waals surface area contributed by atoms with E-state index in [1.54, 1.807) is 0 Å². The first-order valence-corrected chi connectivity index (χ1v) is 8.27. The number of benzene rings is 1. The van der Waals surface area contributed by atoms with E-state index in [0.29, 0.717) is 6.04 Å². The Kier molecular flexibility index (Phi) is 5.62. The van der Waals surface area contributed by atoms with Crippen LogP contribution in [0.2, 0.25) is 0 Å². The van der Waals surface area contributed by atoms with Crippen molar-refractivity contribution in [2.24, 2.45) is 5.73 Å². The zero-order valence-corrected chi connectivity index (χ0v) is 13.1. The molecule has 2 N–H and O–H groups in total. The number of hydrogen-bond donors (Lipinski definition) is 1. The molecule has 1 heterocycles. The van der Waals surface area contributed by atoms with E-state index >= 15 is 0 Å². The highest BCUT2D eigenvalue weighted by molar-refractivity contribution is 5.26. The lowest BCUT2D eigenvalue weighted by Gasteiger charge is -2.42. The fraction of sp³-hybridized carbons (Fsp3) is 0.667. The summed E-state index contributed by atoms with van der Waals surface area (Å²) in [5.74, 6) is 0. The quantitative estimate of drug-likeness (QED) is 0.882. The Labute approximate surface area is 124 Å². The Hall–Kier alpha value is -0.860. The van der Waals surface area contributed by atoms with Gasteiger partial charge in [-0.1, -0.05) is 56.5 Å². The van der Waals surface area contributed by atoms with Crippen molar-refractivity contribution in [3.8, 4) is 0 Å². The second kappa shape index (κ2) is 7.24. The molecule has 0 saturated carbocycles. The molecule has 0 aromatic heterocycles. The summed E-state index contributed by atoms with van der Waals surface area (Å²) in [5.41, 5.74) is 7.98. The second-order valence-corrected chi connectivity index (χ2v) is 6.28. The third-order valence-corrected chi connectivity index (χ3v) is 4.91. The lowest BCUT2D eigenvalue weighted by Crippen LogP contribution is -2.55. The molecular formula is C18H30N2. The molecule has 0 bridgehead atoms. The van der Waals surface area contributed by atoms with Gasteiger partial charge in [0.25, 0.3) is 0 Å². The van der Waals surface area contributed by atoms with Gasteiger partial charge in [0.1, 0.15) is 0 Å². The van der Waals surface area contributed by atoms with E-state index in [1.165, 1.54) is 44.3 Å². The van der Waals surface area contributed by atoms with Crippen LogP contribution in [0.15, 0.2) is 30.3 Å². The lowest BCUT2D eigenvalue weighted by molar-refractivity contribution is 0.127. The molecule has 1 aliphatic rings. The molecule has 0 spiro atoms. The van der Waals surface area contributed by atoms with Crippen molar-refractivity contribution in [2.45, 2.75) is 64.0 Å². The Balaban J connectivity index is 2.22. The van der Waals surface area contributed by atoms with E-state index in [9.17, 15) is 0 Å². The largest absolute Gasteiger partial charge is 0.320 e.